The highest BCUT2D eigenvalue weighted by Gasteiger charge is 2.35. The molecule has 2 fully saturated rings. The van der Waals surface area contributed by atoms with Crippen LogP contribution in [-0.4, -0.2) is 64.9 Å². The second-order valence-electron chi connectivity index (χ2n) is 6.84. The van der Waals surface area contributed by atoms with Crippen LogP contribution in [0.3, 0.4) is 0 Å². The third-order valence-corrected chi connectivity index (χ3v) is 5.30. The molecule has 3 heterocycles. The summed E-state index contributed by atoms with van der Waals surface area (Å²) in [5.41, 5.74) is 0.641. The monoisotopic (exact) mass is 402 g/mol. The molecule has 146 valence electrons. The molecule has 6 nitrogen and oxygen atoms in total. The molecule has 2 amide bonds. The zero-order valence-electron chi connectivity index (χ0n) is 15.3. The lowest BCUT2D eigenvalue weighted by molar-refractivity contribution is -0.140. The van der Waals surface area contributed by atoms with Crippen LogP contribution in [0.5, 0.6) is 0 Å². The van der Waals surface area contributed by atoms with Gasteiger partial charge in [0.05, 0.1) is 5.92 Å². The van der Waals surface area contributed by atoms with Gasteiger partial charge in [-0.2, -0.15) is 0 Å². The predicted octanol–water partition coefficient (Wildman–Crippen LogP) is 1.99. The predicted molar refractivity (Wildman–Crippen MR) is 106 cm³/mol. The summed E-state index contributed by atoms with van der Waals surface area (Å²) >= 11 is 0. The molecule has 1 aromatic heterocycles. The highest BCUT2D eigenvalue weighted by atomic mass is 35.5. The number of halogens is 2. The summed E-state index contributed by atoms with van der Waals surface area (Å²) < 4.78 is 0. The summed E-state index contributed by atoms with van der Waals surface area (Å²) in [5, 5.41) is 3.40. The number of nitrogens with zero attached hydrogens (tertiary/aromatic N) is 3. The fourth-order valence-electron chi connectivity index (χ4n) is 3.64. The highest BCUT2D eigenvalue weighted by molar-refractivity contribution is 5.94. The number of amides is 2. The van der Waals surface area contributed by atoms with Crippen molar-refractivity contribution >= 4 is 36.6 Å². The first-order chi connectivity index (χ1) is 11.6. The van der Waals surface area contributed by atoms with Gasteiger partial charge in [-0.25, -0.2) is 0 Å². The van der Waals surface area contributed by atoms with Crippen LogP contribution in [0.25, 0.3) is 0 Å². The van der Waals surface area contributed by atoms with Gasteiger partial charge in [-0.05, 0) is 38.8 Å². The zero-order valence-corrected chi connectivity index (χ0v) is 16.9. The SMILES string of the molecule is CC1NCCN(C(=O)C2CCCN(C(=O)c3ccncc3)C2)C1C.Cl.Cl. The van der Waals surface area contributed by atoms with E-state index in [1.165, 1.54) is 0 Å². The van der Waals surface area contributed by atoms with E-state index in [9.17, 15) is 9.59 Å². The lowest BCUT2D eigenvalue weighted by atomic mass is 9.94. The van der Waals surface area contributed by atoms with Gasteiger partial charge in [0.1, 0.15) is 0 Å². The van der Waals surface area contributed by atoms with E-state index in [-0.39, 0.29) is 48.6 Å². The van der Waals surface area contributed by atoms with Gasteiger partial charge >= 0.3 is 0 Å². The lowest BCUT2D eigenvalue weighted by Crippen LogP contribution is -2.59. The second-order valence-corrected chi connectivity index (χ2v) is 6.84. The van der Waals surface area contributed by atoms with Gasteiger partial charge in [-0.15, -0.1) is 24.8 Å². The van der Waals surface area contributed by atoms with E-state index in [0.717, 1.165) is 32.5 Å². The van der Waals surface area contributed by atoms with Crippen molar-refractivity contribution in [1.29, 1.82) is 0 Å². The third kappa shape index (κ3) is 4.87. The quantitative estimate of drug-likeness (QED) is 0.820. The Morgan fingerprint density at radius 3 is 2.54 bits per heavy atom. The van der Waals surface area contributed by atoms with Crippen molar-refractivity contribution in [3.63, 3.8) is 0 Å². The van der Waals surface area contributed by atoms with Gasteiger partial charge in [0.2, 0.25) is 5.91 Å². The summed E-state index contributed by atoms with van der Waals surface area (Å²) in [4.78, 5) is 33.4. The number of likely N-dealkylation sites (tertiary alicyclic amines) is 1. The number of hydrogen-bond acceptors (Lipinski definition) is 4. The average Bonchev–Trinajstić information content (AvgIpc) is 2.63. The van der Waals surface area contributed by atoms with Crippen molar-refractivity contribution in [2.24, 2.45) is 5.92 Å². The first kappa shape index (κ1) is 22.7. The normalized spacial score (nSPS) is 25.7. The first-order valence-corrected chi connectivity index (χ1v) is 8.81. The van der Waals surface area contributed by atoms with E-state index in [4.69, 9.17) is 0 Å². The minimum Gasteiger partial charge on any atom is -0.338 e. The van der Waals surface area contributed by atoms with Crippen LogP contribution in [-0.2, 0) is 4.79 Å². The van der Waals surface area contributed by atoms with Crippen LogP contribution in [0.2, 0.25) is 0 Å². The van der Waals surface area contributed by atoms with Gasteiger partial charge in [-0.3, -0.25) is 14.6 Å². The summed E-state index contributed by atoms with van der Waals surface area (Å²) in [5.74, 6) is 0.108. The molecule has 26 heavy (non-hydrogen) atoms. The third-order valence-electron chi connectivity index (χ3n) is 5.30. The molecule has 1 N–H and O–H groups in total. The molecule has 2 aliphatic rings. The van der Waals surface area contributed by atoms with Crippen LogP contribution in [0.1, 0.15) is 37.0 Å². The number of pyridine rings is 1. The Bertz CT molecular complexity index is 602. The smallest absolute Gasteiger partial charge is 0.253 e. The van der Waals surface area contributed by atoms with Crippen molar-refractivity contribution in [3.05, 3.63) is 30.1 Å². The van der Waals surface area contributed by atoms with E-state index < -0.39 is 0 Å². The number of carbonyl (C=O) groups excluding carboxylic acids is 2. The van der Waals surface area contributed by atoms with Gasteiger partial charge in [-0.1, -0.05) is 0 Å². The molecule has 0 radical (unpaired) electrons. The second kappa shape index (κ2) is 10.1. The highest BCUT2D eigenvalue weighted by Crippen LogP contribution is 2.23. The van der Waals surface area contributed by atoms with Crippen LogP contribution in [0.4, 0.5) is 0 Å². The minimum atomic E-state index is -0.0858. The molecule has 1 aromatic rings. The van der Waals surface area contributed by atoms with E-state index in [0.29, 0.717) is 18.2 Å². The number of piperidine rings is 1. The molecule has 2 aliphatic heterocycles. The van der Waals surface area contributed by atoms with E-state index in [2.05, 4.69) is 24.1 Å². The average molecular weight is 403 g/mol. The fourth-order valence-corrected chi connectivity index (χ4v) is 3.64. The number of piperazine rings is 1. The van der Waals surface area contributed by atoms with E-state index >= 15 is 0 Å². The molecule has 0 spiro atoms. The Morgan fingerprint density at radius 2 is 1.85 bits per heavy atom. The molecule has 3 rings (SSSR count). The van der Waals surface area contributed by atoms with Gasteiger partial charge in [0.25, 0.3) is 5.91 Å². The largest absolute Gasteiger partial charge is 0.338 e. The van der Waals surface area contributed by atoms with Crippen molar-refractivity contribution in [3.8, 4) is 0 Å². The molecule has 0 aromatic carbocycles. The number of nitrogens with one attached hydrogen (secondary N) is 1. The zero-order chi connectivity index (χ0) is 17.1. The van der Waals surface area contributed by atoms with Crippen molar-refractivity contribution in [2.75, 3.05) is 26.2 Å². The van der Waals surface area contributed by atoms with Gasteiger partial charge < -0.3 is 15.1 Å². The van der Waals surface area contributed by atoms with Crippen molar-refractivity contribution < 1.29 is 9.59 Å². The Labute approximate surface area is 167 Å². The Morgan fingerprint density at radius 1 is 1.15 bits per heavy atom. The lowest BCUT2D eigenvalue weighted by Gasteiger charge is -2.42. The van der Waals surface area contributed by atoms with E-state index in [1.54, 1.807) is 24.5 Å². The number of carbonyl (C=O) groups is 2. The van der Waals surface area contributed by atoms with Crippen LogP contribution in [0, 0.1) is 5.92 Å². The van der Waals surface area contributed by atoms with Crippen molar-refractivity contribution in [2.45, 2.75) is 38.8 Å². The molecule has 0 bridgehead atoms. The topological polar surface area (TPSA) is 65.5 Å². The molecule has 3 unspecified atom stereocenters. The standard InChI is InChI=1S/C18H26N4O2.2ClH/c1-13-14(2)22(11-9-20-13)18(24)16-4-3-10-21(12-16)17(23)15-5-7-19-8-6-15;;/h5-8,13-14,16,20H,3-4,9-12H2,1-2H3;2*1H. The summed E-state index contributed by atoms with van der Waals surface area (Å²) in [6.45, 7) is 7.04. The Kier molecular flexibility index (Phi) is 8.80. The van der Waals surface area contributed by atoms with Crippen LogP contribution >= 0.6 is 24.8 Å². The number of aromatic nitrogens is 1. The number of hydrogen-bond donors (Lipinski definition) is 1. The molecule has 0 aliphatic carbocycles. The summed E-state index contributed by atoms with van der Waals surface area (Å²) in [6, 6.07) is 3.96. The molecule has 3 atom stereocenters. The minimum absolute atomic E-state index is 0. The maximum absolute atomic E-state index is 13.0. The van der Waals surface area contributed by atoms with Crippen LogP contribution in [0.15, 0.2) is 24.5 Å². The molecule has 0 saturated carbocycles. The fraction of sp³-hybridized carbons (Fsp3) is 0.611. The molecular formula is C18H28Cl2N4O2. The number of rotatable bonds is 2. The maximum Gasteiger partial charge on any atom is 0.253 e. The van der Waals surface area contributed by atoms with E-state index in [1.807, 2.05) is 9.80 Å². The maximum atomic E-state index is 13.0. The van der Waals surface area contributed by atoms with Crippen molar-refractivity contribution in [1.82, 2.24) is 20.1 Å². The summed E-state index contributed by atoms with van der Waals surface area (Å²) in [7, 11) is 0. The Balaban J connectivity index is 0.00000169. The molecule has 8 heteroatoms. The first-order valence-electron chi connectivity index (χ1n) is 8.81. The molecule has 2 saturated heterocycles. The van der Waals surface area contributed by atoms with Crippen LogP contribution < -0.4 is 5.32 Å². The van der Waals surface area contributed by atoms with Gasteiger partial charge in [0.15, 0.2) is 0 Å². The molecular weight excluding hydrogens is 375 g/mol. The van der Waals surface area contributed by atoms with Gasteiger partial charge in [0, 0.05) is 56.2 Å². The summed E-state index contributed by atoms with van der Waals surface area (Å²) in [6.07, 6.45) is 5.00. The Hall–Kier alpha value is -1.37.